The molecule has 2 heterocycles. The summed E-state index contributed by atoms with van der Waals surface area (Å²) in [5.41, 5.74) is 0.0286. The van der Waals surface area contributed by atoms with E-state index in [-0.39, 0.29) is 52.6 Å². The normalized spacial score (nSPS) is 12.8. The Morgan fingerprint density at radius 3 is 2.63 bits per heavy atom. The lowest BCUT2D eigenvalue weighted by atomic mass is 9.95. The van der Waals surface area contributed by atoms with Gasteiger partial charge in [-0.15, -0.1) is 0 Å². The van der Waals surface area contributed by atoms with Gasteiger partial charge < -0.3 is 14.9 Å². The number of aromatic nitrogens is 1. The van der Waals surface area contributed by atoms with Gasteiger partial charge in [-0.25, -0.2) is 4.39 Å². The van der Waals surface area contributed by atoms with Gasteiger partial charge in [0.2, 0.25) is 0 Å². The highest BCUT2D eigenvalue weighted by atomic mass is 35.5. The highest BCUT2D eigenvalue weighted by Crippen LogP contribution is 2.31. The summed E-state index contributed by atoms with van der Waals surface area (Å²) in [7, 11) is 3.02. The second kappa shape index (κ2) is 9.24. The fourth-order valence-electron chi connectivity index (χ4n) is 4.10. The number of fused-ring (bicyclic) bond motifs is 1. The first-order valence-corrected chi connectivity index (χ1v) is 11.0. The standard InChI is InChI=1S/C25H20ClFN4O4/c1-29(2)24(34)21-17-8-9-30(13-15-6-7-19(27)18(26)11-15)23(33)20(17)22(32)25(35)31(21)16-5-3-4-14(10-16)12-28/h3-7,10-11,32H,8-9,13H2,1-2H3. The molecular formula is C25H20ClFN4O4. The summed E-state index contributed by atoms with van der Waals surface area (Å²) in [5.74, 6) is -2.54. The quantitative estimate of drug-likeness (QED) is 0.599. The van der Waals surface area contributed by atoms with Crippen LogP contribution in [0, 0.1) is 17.1 Å². The van der Waals surface area contributed by atoms with Crippen LogP contribution in [0.5, 0.6) is 5.75 Å². The van der Waals surface area contributed by atoms with Crippen LogP contribution in [0.2, 0.25) is 5.02 Å². The molecule has 3 aromatic rings. The number of carbonyl (C=O) groups is 2. The van der Waals surface area contributed by atoms with Gasteiger partial charge in [-0.05, 0) is 42.3 Å². The Kier molecular flexibility index (Phi) is 6.33. The van der Waals surface area contributed by atoms with Crippen LogP contribution in [0.4, 0.5) is 4.39 Å². The van der Waals surface area contributed by atoms with Gasteiger partial charge in [-0.1, -0.05) is 23.7 Å². The van der Waals surface area contributed by atoms with Crippen molar-refractivity contribution in [3.05, 3.63) is 91.6 Å². The minimum absolute atomic E-state index is 0.0549. The first kappa shape index (κ1) is 24.0. The molecule has 35 heavy (non-hydrogen) atoms. The molecule has 0 radical (unpaired) electrons. The van der Waals surface area contributed by atoms with Crippen molar-refractivity contribution >= 4 is 23.4 Å². The molecule has 2 amide bonds. The number of nitriles is 1. The fourth-order valence-corrected chi connectivity index (χ4v) is 4.30. The van der Waals surface area contributed by atoms with Crippen LogP contribution < -0.4 is 5.56 Å². The first-order valence-electron chi connectivity index (χ1n) is 10.6. The smallest absolute Gasteiger partial charge is 0.298 e. The van der Waals surface area contributed by atoms with E-state index in [1.165, 1.54) is 54.2 Å². The molecule has 0 spiro atoms. The minimum atomic E-state index is -0.955. The lowest BCUT2D eigenvalue weighted by Gasteiger charge is -2.31. The Morgan fingerprint density at radius 2 is 1.97 bits per heavy atom. The summed E-state index contributed by atoms with van der Waals surface area (Å²) >= 11 is 5.85. The second-order valence-corrected chi connectivity index (χ2v) is 8.69. The third kappa shape index (κ3) is 4.24. The Bertz CT molecular complexity index is 1480. The summed E-state index contributed by atoms with van der Waals surface area (Å²) in [4.78, 5) is 42.6. The molecule has 178 valence electrons. The summed E-state index contributed by atoms with van der Waals surface area (Å²) in [6, 6.07) is 12.1. The maximum atomic E-state index is 13.5. The summed E-state index contributed by atoms with van der Waals surface area (Å²) in [6.45, 7) is 0.256. The number of hydrogen-bond acceptors (Lipinski definition) is 5. The summed E-state index contributed by atoms with van der Waals surface area (Å²) in [5, 5.41) is 20.0. The average Bonchev–Trinajstić information content (AvgIpc) is 2.84. The number of benzene rings is 2. The number of carbonyl (C=O) groups excluding carboxylic acids is 2. The third-order valence-corrected chi connectivity index (χ3v) is 6.08. The molecule has 0 aliphatic carbocycles. The number of rotatable bonds is 4. The van der Waals surface area contributed by atoms with Crippen molar-refractivity contribution in [1.29, 1.82) is 5.26 Å². The maximum absolute atomic E-state index is 13.5. The molecule has 0 saturated carbocycles. The lowest BCUT2D eigenvalue weighted by Crippen LogP contribution is -2.42. The van der Waals surface area contributed by atoms with Crippen LogP contribution in [0.1, 0.15) is 37.5 Å². The first-order chi connectivity index (χ1) is 16.6. The molecular weight excluding hydrogens is 475 g/mol. The number of amides is 2. The fraction of sp³-hybridized carbons (Fsp3) is 0.200. The van der Waals surface area contributed by atoms with Crippen LogP contribution in [-0.4, -0.2) is 51.9 Å². The molecule has 0 bridgehead atoms. The van der Waals surface area contributed by atoms with E-state index < -0.39 is 28.9 Å². The van der Waals surface area contributed by atoms with Crippen molar-refractivity contribution in [2.24, 2.45) is 0 Å². The number of aromatic hydroxyl groups is 1. The summed E-state index contributed by atoms with van der Waals surface area (Å²) in [6.07, 6.45) is 0.177. The molecule has 0 atom stereocenters. The predicted octanol–water partition coefficient (Wildman–Crippen LogP) is 3.11. The number of halogens is 2. The molecule has 1 aliphatic rings. The Hall–Kier alpha value is -4.16. The van der Waals surface area contributed by atoms with Crippen molar-refractivity contribution in [3.8, 4) is 17.5 Å². The van der Waals surface area contributed by atoms with E-state index in [0.717, 1.165) is 4.57 Å². The van der Waals surface area contributed by atoms with Gasteiger partial charge in [0, 0.05) is 32.7 Å². The molecule has 2 aromatic carbocycles. The number of nitrogens with zero attached hydrogens (tertiary/aromatic N) is 4. The molecule has 0 unspecified atom stereocenters. The van der Waals surface area contributed by atoms with Gasteiger partial charge in [-0.2, -0.15) is 5.26 Å². The van der Waals surface area contributed by atoms with Gasteiger partial charge in [0.05, 0.1) is 27.9 Å². The van der Waals surface area contributed by atoms with E-state index >= 15 is 0 Å². The molecule has 0 fully saturated rings. The van der Waals surface area contributed by atoms with Gasteiger partial charge in [0.25, 0.3) is 17.4 Å². The minimum Gasteiger partial charge on any atom is -0.502 e. The predicted molar refractivity (Wildman–Crippen MR) is 126 cm³/mol. The van der Waals surface area contributed by atoms with Crippen LogP contribution in [0.25, 0.3) is 5.69 Å². The third-order valence-electron chi connectivity index (χ3n) is 5.79. The highest BCUT2D eigenvalue weighted by molar-refractivity contribution is 6.30. The van der Waals surface area contributed by atoms with E-state index in [4.69, 9.17) is 11.6 Å². The summed E-state index contributed by atoms with van der Waals surface area (Å²) < 4.78 is 14.6. The molecule has 4 rings (SSSR count). The van der Waals surface area contributed by atoms with E-state index in [1.54, 1.807) is 12.1 Å². The monoisotopic (exact) mass is 494 g/mol. The zero-order chi connectivity index (χ0) is 25.4. The van der Waals surface area contributed by atoms with Gasteiger partial charge in [0.1, 0.15) is 11.5 Å². The van der Waals surface area contributed by atoms with Crippen molar-refractivity contribution < 1.29 is 19.1 Å². The maximum Gasteiger partial charge on any atom is 0.298 e. The van der Waals surface area contributed by atoms with Crippen molar-refractivity contribution in [2.45, 2.75) is 13.0 Å². The van der Waals surface area contributed by atoms with Crippen LogP contribution >= 0.6 is 11.6 Å². The Morgan fingerprint density at radius 1 is 1.23 bits per heavy atom. The molecule has 1 N–H and O–H groups in total. The van der Waals surface area contributed by atoms with E-state index in [1.807, 2.05) is 6.07 Å². The van der Waals surface area contributed by atoms with Crippen molar-refractivity contribution in [3.63, 3.8) is 0 Å². The van der Waals surface area contributed by atoms with Gasteiger partial charge in [-0.3, -0.25) is 19.0 Å². The SMILES string of the molecule is CN(C)C(=O)c1c2c(c(O)c(=O)n1-c1cccc(C#N)c1)C(=O)N(Cc1ccc(F)c(Cl)c1)CC2. The van der Waals surface area contributed by atoms with Crippen LogP contribution in [0.3, 0.4) is 0 Å². The van der Waals surface area contributed by atoms with Gasteiger partial charge in [0.15, 0.2) is 5.75 Å². The van der Waals surface area contributed by atoms with Crippen LogP contribution in [0.15, 0.2) is 47.3 Å². The van der Waals surface area contributed by atoms with E-state index in [2.05, 4.69) is 0 Å². The van der Waals surface area contributed by atoms with Gasteiger partial charge >= 0.3 is 0 Å². The zero-order valence-electron chi connectivity index (χ0n) is 18.9. The molecule has 1 aromatic heterocycles. The lowest BCUT2D eigenvalue weighted by molar-refractivity contribution is 0.0720. The molecule has 8 nitrogen and oxygen atoms in total. The molecule has 1 aliphatic heterocycles. The number of pyridine rings is 1. The Balaban J connectivity index is 1.88. The second-order valence-electron chi connectivity index (χ2n) is 8.28. The van der Waals surface area contributed by atoms with Crippen molar-refractivity contribution in [2.75, 3.05) is 20.6 Å². The van der Waals surface area contributed by atoms with E-state index in [9.17, 15) is 29.1 Å². The Labute approximate surface area is 205 Å². The molecule has 0 saturated heterocycles. The average molecular weight is 495 g/mol. The number of hydrogen-bond donors (Lipinski definition) is 1. The zero-order valence-corrected chi connectivity index (χ0v) is 19.6. The molecule has 10 heteroatoms. The largest absolute Gasteiger partial charge is 0.502 e. The van der Waals surface area contributed by atoms with Crippen molar-refractivity contribution in [1.82, 2.24) is 14.4 Å². The van der Waals surface area contributed by atoms with Crippen LogP contribution in [-0.2, 0) is 13.0 Å². The van der Waals surface area contributed by atoms with E-state index in [0.29, 0.717) is 5.56 Å². The topological polar surface area (TPSA) is 107 Å². The highest BCUT2D eigenvalue weighted by Gasteiger charge is 2.35.